The quantitative estimate of drug-likeness (QED) is 0.156. The molecule has 2 spiro atoms. The van der Waals surface area contributed by atoms with E-state index >= 15 is 0 Å². The molecule has 0 bridgehead atoms. The van der Waals surface area contributed by atoms with E-state index in [0.29, 0.717) is 37.1 Å². The Morgan fingerprint density at radius 3 is 1.54 bits per heavy atom. The summed E-state index contributed by atoms with van der Waals surface area (Å²) in [6.07, 6.45) is 1.24. The number of carbonyl (C=O) groups is 4. The van der Waals surface area contributed by atoms with E-state index in [0.717, 1.165) is 42.6 Å². The number of nitrogens with zero attached hydrogens (tertiary/aromatic N) is 1. The lowest BCUT2D eigenvalue weighted by Crippen LogP contribution is -2.45. The summed E-state index contributed by atoms with van der Waals surface area (Å²) in [6.45, 7) is 12.2. The molecule has 6 rings (SSSR count). The molecule has 4 aliphatic rings. The number of benzene rings is 2. The zero-order valence-corrected chi connectivity index (χ0v) is 32.5. The summed E-state index contributed by atoms with van der Waals surface area (Å²) in [7, 11) is 0. The molecule has 0 saturated carbocycles. The molecule has 0 unspecified atom stereocenters. The lowest BCUT2D eigenvalue weighted by molar-refractivity contribution is -0.156. The highest BCUT2D eigenvalue weighted by atomic mass is 35.5. The number of hydrogen-bond donors (Lipinski definition) is 3. The summed E-state index contributed by atoms with van der Waals surface area (Å²) in [6, 6.07) is 15.6. The van der Waals surface area contributed by atoms with Gasteiger partial charge in [-0.15, -0.1) is 35.0 Å². The van der Waals surface area contributed by atoms with E-state index < -0.39 is 30.0 Å². The van der Waals surface area contributed by atoms with Crippen molar-refractivity contribution < 1.29 is 48.7 Å². The molecule has 2 aromatic carbocycles. The monoisotopic (exact) mass is 797 g/mol. The number of aldehydes is 1. The number of likely N-dealkylation sites (tertiary alicyclic amines) is 1. The molecule has 14 heteroatoms. The van der Waals surface area contributed by atoms with Crippen molar-refractivity contribution in [2.45, 2.75) is 82.9 Å². The number of rotatable bonds is 2. The van der Waals surface area contributed by atoms with E-state index in [1.165, 1.54) is 5.56 Å². The second-order valence-corrected chi connectivity index (χ2v) is 14.4. The SMILES string of the molecule is CC#CC.CC(C)(C)OC(=O)N1CCC2(C=C(C(=O)O)c3ccccc32)CC1.ClCCl.O=C(O)C1=CC2(CCNCC2)c2ccccc21.O=CC(F)(F)F.[2HH]. The first-order chi connectivity index (χ1) is 25.3. The van der Waals surface area contributed by atoms with Crippen LogP contribution in [0.25, 0.3) is 11.1 Å². The third kappa shape index (κ3) is 12.6. The second-order valence-electron chi connectivity index (χ2n) is 13.6. The predicted molar refractivity (Wildman–Crippen MR) is 207 cm³/mol. The van der Waals surface area contributed by atoms with Crippen LogP contribution in [0.1, 0.15) is 84.0 Å². The van der Waals surface area contributed by atoms with Gasteiger partial charge in [-0.1, -0.05) is 60.7 Å². The average Bonchev–Trinajstić information content (AvgIpc) is 3.62. The lowest BCUT2D eigenvalue weighted by atomic mass is 9.74. The minimum atomic E-state index is -4.64. The molecule has 2 aliphatic heterocycles. The molecule has 2 aromatic rings. The molecular weight excluding hydrogens is 748 g/mol. The fourth-order valence-electron chi connectivity index (χ4n) is 6.64. The Morgan fingerprint density at radius 2 is 1.20 bits per heavy atom. The van der Waals surface area contributed by atoms with Crippen molar-refractivity contribution >= 4 is 58.7 Å². The van der Waals surface area contributed by atoms with Gasteiger partial charge in [-0.05, 0) is 95.6 Å². The highest BCUT2D eigenvalue weighted by Gasteiger charge is 2.43. The van der Waals surface area contributed by atoms with Crippen LogP contribution in [-0.2, 0) is 30.0 Å². The molecule has 1 amide bonds. The van der Waals surface area contributed by atoms with E-state index in [9.17, 15) is 37.8 Å². The summed E-state index contributed by atoms with van der Waals surface area (Å²) in [5.74, 6) is 3.65. The van der Waals surface area contributed by atoms with Gasteiger partial charge in [0.2, 0.25) is 6.29 Å². The zero-order valence-electron chi connectivity index (χ0n) is 31.0. The van der Waals surface area contributed by atoms with Crippen LogP contribution >= 0.6 is 23.2 Å². The summed E-state index contributed by atoms with van der Waals surface area (Å²) < 4.78 is 36.7. The van der Waals surface area contributed by atoms with Crippen LogP contribution < -0.4 is 5.32 Å². The van der Waals surface area contributed by atoms with Crippen LogP contribution in [0.15, 0.2) is 60.7 Å². The third-order valence-electron chi connectivity index (χ3n) is 9.00. The predicted octanol–water partition coefficient (Wildman–Crippen LogP) is 8.67. The largest absolute Gasteiger partial charge is 0.478 e. The molecular formula is C40H49Cl2F3N2O7. The molecule has 3 N–H and O–H groups in total. The molecule has 2 aliphatic carbocycles. The van der Waals surface area contributed by atoms with Crippen LogP contribution in [0.4, 0.5) is 18.0 Å². The van der Waals surface area contributed by atoms with Crippen molar-refractivity contribution in [3.05, 3.63) is 82.9 Å². The number of ether oxygens (including phenoxy) is 1. The molecule has 0 aromatic heterocycles. The van der Waals surface area contributed by atoms with Crippen molar-refractivity contribution in [1.82, 2.24) is 10.2 Å². The first kappa shape index (κ1) is 45.8. The maximum absolute atomic E-state index is 12.2. The van der Waals surface area contributed by atoms with Gasteiger partial charge in [-0.25, -0.2) is 14.4 Å². The number of amides is 1. The normalized spacial score (nSPS) is 16.9. The highest BCUT2D eigenvalue weighted by molar-refractivity contribution is 6.40. The minimum absolute atomic E-state index is 0. The van der Waals surface area contributed by atoms with Gasteiger partial charge >= 0.3 is 24.2 Å². The van der Waals surface area contributed by atoms with Gasteiger partial charge in [-0.2, -0.15) is 13.2 Å². The summed E-state index contributed by atoms with van der Waals surface area (Å²) in [5.41, 5.74) is 3.96. The summed E-state index contributed by atoms with van der Waals surface area (Å²) in [4.78, 5) is 45.5. The van der Waals surface area contributed by atoms with Gasteiger partial charge in [0, 0.05) is 25.3 Å². The Morgan fingerprint density at radius 1 is 0.833 bits per heavy atom. The number of allylic oxidation sites excluding steroid dienone is 2. The van der Waals surface area contributed by atoms with Crippen molar-refractivity contribution in [1.29, 1.82) is 0 Å². The highest BCUT2D eigenvalue weighted by Crippen LogP contribution is 2.48. The van der Waals surface area contributed by atoms with Crippen LogP contribution in [0, 0.1) is 11.8 Å². The smallest absolute Gasteiger partial charge is 0.446 e. The molecule has 54 heavy (non-hydrogen) atoms. The van der Waals surface area contributed by atoms with Gasteiger partial charge in [0.05, 0.1) is 16.5 Å². The Balaban J connectivity index is 0.000000423. The Labute approximate surface area is 326 Å². The maximum Gasteiger partial charge on any atom is 0.446 e. The number of piperidine rings is 2. The number of alkyl halides is 5. The summed E-state index contributed by atoms with van der Waals surface area (Å²) >= 11 is 9.53. The van der Waals surface area contributed by atoms with Gasteiger partial charge in [0.25, 0.3) is 0 Å². The topological polar surface area (TPSA) is 133 Å². The number of carboxylic acid groups (broad SMARTS) is 2. The number of carbonyl (C=O) groups excluding carboxylic acids is 2. The fourth-order valence-corrected chi connectivity index (χ4v) is 6.64. The Kier molecular flexibility index (Phi) is 17.3. The number of hydrogen-bond acceptors (Lipinski definition) is 6. The van der Waals surface area contributed by atoms with Crippen LogP contribution in [-0.4, -0.2) is 82.7 Å². The zero-order chi connectivity index (χ0) is 40.7. The molecule has 0 atom stereocenters. The summed E-state index contributed by atoms with van der Waals surface area (Å²) in [5, 5.41) is 22.3. The average molecular weight is 799 g/mol. The fraction of sp³-hybridized carbons (Fsp3) is 0.450. The van der Waals surface area contributed by atoms with Crippen molar-refractivity contribution in [3.63, 3.8) is 0 Å². The van der Waals surface area contributed by atoms with Crippen molar-refractivity contribution in [2.75, 3.05) is 31.5 Å². The van der Waals surface area contributed by atoms with Gasteiger partial charge in [0.15, 0.2) is 0 Å². The van der Waals surface area contributed by atoms with Crippen molar-refractivity contribution in [3.8, 4) is 11.8 Å². The van der Waals surface area contributed by atoms with Crippen LogP contribution in [0.5, 0.6) is 0 Å². The number of carboxylic acids is 2. The third-order valence-corrected chi connectivity index (χ3v) is 9.00. The molecule has 9 nitrogen and oxygen atoms in total. The minimum Gasteiger partial charge on any atom is -0.478 e. The molecule has 0 radical (unpaired) electrons. The van der Waals surface area contributed by atoms with E-state index in [1.807, 2.05) is 89.2 Å². The molecule has 2 fully saturated rings. The lowest BCUT2D eigenvalue weighted by Gasteiger charge is -2.39. The van der Waals surface area contributed by atoms with E-state index in [-0.39, 0.29) is 23.7 Å². The Hall–Kier alpha value is -4.31. The van der Waals surface area contributed by atoms with E-state index in [1.54, 1.807) is 4.90 Å². The standard InChI is InChI=1S/C19H23NO4.C14H15NO2.C4H6.C2HF3O.CH2Cl2.H2/c1-18(2,3)24-17(23)20-10-8-19(9-11-20)12-14(16(21)22)13-6-4-5-7-15(13)19;16-13(17)11-9-14(5-7-15-8-6-14)12-4-2-1-3-10(11)12;1-3-4-2;3-2(4,5)1-6;2-1-3;/h4-7,12H,8-11H2,1-3H3,(H,21,22);1-4,9,15H,5-8H2,(H,16,17);1-2H3;1H;1H2;1H/i;;;;;1+1. The number of halogens is 5. The van der Waals surface area contributed by atoms with E-state index in [2.05, 4.69) is 23.2 Å². The van der Waals surface area contributed by atoms with Crippen LogP contribution in [0.3, 0.4) is 0 Å². The number of aliphatic carboxylic acids is 2. The van der Waals surface area contributed by atoms with E-state index in [4.69, 9.17) is 32.7 Å². The van der Waals surface area contributed by atoms with Gasteiger partial charge < -0.3 is 25.2 Å². The molecule has 296 valence electrons. The van der Waals surface area contributed by atoms with Crippen molar-refractivity contribution in [2.24, 2.45) is 0 Å². The molecule has 2 heterocycles. The first-order valence-corrected chi connectivity index (χ1v) is 18.2. The maximum atomic E-state index is 12.2. The Bertz CT molecular complexity index is 1740. The first-order valence-electron chi connectivity index (χ1n) is 17.1. The second kappa shape index (κ2) is 20.4. The van der Waals surface area contributed by atoms with Gasteiger partial charge in [-0.3, -0.25) is 4.79 Å². The van der Waals surface area contributed by atoms with Crippen LogP contribution in [0.2, 0.25) is 0 Å². The number of fused-ring (bicyclic) bond motifs is 4. The molecule has 2 saturated heterocycles. The number of nitrogens with one attached hydrogen (secondary N) is 1. The van der Waals surface area contributed by atoms with Gasteiger partial charge in [0.1, 0.15) is 5.60 Å².